The van der Waals surface area contributed by atoms with Crippen LogP contribution in [0.15, 0.2) is 60.7 Å². The van der Waals surface area contributed by atoms with E-state index in [1.165, 1.54) is 36.1 Å². The molecule has 3 aliphatic carbocycles. The lowest BCUT2D eigenvalue weighted by atomic mass is 9.61. The van der Waals surface area contributed by atoms with Crippen molar-refractivity contribution in [3.63, 3.8) is 0 Å². The summed E-state index contributed by atoms with van der Waals surface area (Å²) in [6.07, 6.45) is 0. The van der Waals surface area contributed by atoms with Gasteiger partial charge in [0.05, 0.1) is 0 Å². The van der Waals surface area contributed by atoms with Crippen molar-refractivity contribution >= 4 is 11.9 Å². The summed E-state index contributed by atoms with van der Waals surface area (Å²) in [5.41, 5.74) is 7.27. The summed E-state index contributed by atoms with van der Waals surface area (Å²) in [6, 6.07) is 20.2. The maximum absolute atomic E-state index is 11.4. The van der Waals surface area contributed by atoms with Crippen molar-refractivity contribution < 1.29 is 19.1 Å². The molecule has 0 saturated heterocycles. The summed E-state index contributed by atoms with van der Waals surface area (Å²) >= 11 is 0. The van der Waals surface area contributed by atoms with Crippen molar-refractivity contribution in [1.82, 2.24) is 0 Å². The smallest absolute Gasteiger partial charge is 0.308 e. The van der Waals surface area contributed by atoms with Crippen LogP contribution in [0.25, 0.3) is 0 Å². The molecule has 0 radical (unpaired) electrons. The van der Waals surface area contributed by atoms with Crippen LogP contribution in [0.2, 0.25) is 0 Å². The standard InChI is InChI=1S/C24H18O4/c1-13(25)27-15-7-9-19-21(11-15)24-18-6-4-3-5-17(18)23(19)20-10-8-16(12-22(20)24)28-14(2)26/h3-12,23-24H,1-2H3. The van der Waals surface area contributed by atoms with Crippen LogP contribution in [0.5, 0.6) is 11.5 Å². The highest BCUT2D eigenvalue weighted by molar-refractivity contribution is 5.73. The Morgan fingerprint density at radius 3 is 1.43 bits per heavy atom. The van der Waals surface area contributed by atoms with E-state index in [-0.39, 0.29) is 23.8 Å². The van der Waals surface area contributed by atoms with Gasteiger partial charge in [-0.1, -0.05) is 36.4 Å². The molecule has 0 aromatic heterocycles. The van der Waals surface area contributed by atoms with Crippen molar-refractivity contribution in [1.29, 1.82) is 0 Å². The fraction of sp³-hybridized carbons (Fsp3) is 0.167. The predicted molar refractivity (Wildman–Crippen MR) is 104 cm³/mol. The zero-order chi connectivity index (χ0) is 19.4. The van der Waals surface area contributed by atoms with Crippen LogP contribution in [0, 0.1) is 0 Å². The van der Waals surface area contributed by atoms with Gasteiger partial charge in [0.2, 0.25) is 0 Å². The normalized spacial score (nSPS) is 17.9. The Balaban J connectivity index is 1.72. The van der Waals surface area contributed by atoms with Crippen LogP contribution < -0.4 is 9.47 Å². The van der Waals surface area contributed by atoms with Crippen molar-refractivity contribution in [3.05, 3.63) is 94.0 Å². The van der Waals surface area contributed by atoms with E-state index in [1.54, 1.807) is 0 Å². The molecule has 0 heterocycles. The minimum atomic E-state index is -0.334. The van der Waals surface area contributed by atoms with Gasteiger partial charge in [-0.25, -0.2) is 0 Å². The quantitative estimate of drug-likeness (QED) is 0.339. The van der Waals surface area contributed by atoms with Crippen LogP contribution in [0.4, 0.5) is 0 Å². The van der Waals surface area contributed by atoms with Crippen LogP contribution in [0.3, 0.4) is 0 Å². The maximum Gasteiger partial charge on any atom is 0.308 e. The number of benzene rings is 3. The van der Waals surface area contributed by atoms with Crippen LogP contribution in [-0.2, 0) is 9.59 Å². The highest BCUT2D eigenvalue weighted by atomic mass is 16.5. The average Bonchev–Trinajstić information content (AvgIpc) is 2.66. The topological polar surface area (TPSA) is 52.6 Å². The Labute approximate surface area is 162 Å². The second-order valence-corrected chi connectivity index (χ2v) is 7.26. The van der Waals surface area contributed by atoms with Crippen molar-refractivity contribution in [2.45, 2.75) is 25.7 Å². The molecule has 0 N–H and O–H groups in total. The first-order valence-electron chi connectivity index (χ1n) is 9.26. The molecule has 138 valence electrons. The minimum absolute atomic E-state index is 0.0113. The van der Waals surface area contributed by atoms with E-state index < -0.39 is 0 Å². The second-order valence-electron chi connectivity index (χ2n) is 7.26. The van der Waals surface area contributed by atoms with E-state index >= 15 is 0 Å². The molecule has 0 unspecified atom stereocenters. The number of esters is 2. The maximum atomic E-state index is 11.4. The molecule has 6 rings (SSSR count). The molecule has 0 spiro atoms. The number of hydrogen-bond acceptors (Lipinski definition) is 4. The second kappa shape index (κ2) is 6.06. The molecule has 2 bridgehead atoms. The zero-order valence-electron chi connectivity index (χ0n) is 15.6. The van der Waals surface area contributed by atoms with Gasteiger partial charge in [-0.2, -0.15) is 0 Å². The fourth-order valence-electron chi connectivity index (χ4n) is 4.63. The minimum Gasteiger partial charge on any atom is -0.427 e. The first kappa shape index (κ1) is 16.8. The molecule has 3 aromatic carbocycles. The zero-order valence-corrected chi connectivity index (χ0v) is 15.6. The summed E-state index contributed by atoms with van der Waals surface area (Å²) in [4.78, 5) is 22.8. The summed E-state index contributed by atoms with van der Waals surface area (Å²) in [5, 5.41) is 0. The van der Waals surface area contributed by atoms with Gasteiger partial charge in [0, 0.05) is 25.7 Å². The lowest BCUT2D eigenvalue weighted by molar-refractivity contribution is -0.132. The lowest BCUT2D eigenvalue weighted by Gasteiger charge is -2.42. The Kier molecular flexibility index (Phi) is 3.63. The van der Waals surface area contributed by atoms with Gasteiger partial charge in [0.1, 0.15) is 11.5 Å². The number of carbonyl (C=O) groups is 2. The van der Waals surface area contributed by atoms with Gasteiger partial charge in [0.25, 0.3) is 0 Å². The van der Waals surface area contributed by atoms with Gasteiger partial charge in [-0.05, 0) is 57.6 Å². The lowest BCUT2D eigenvalue weighted by Crippen LogP contribution is -2.27. The summed E-state index contributed by atoms with van der Waals surface area (Å²) in [6.45, 7) is 2.81. The SMILES string of the molecule is CC(=O)Oc1ccc2c(c1)C1c3ccccc3C2c2ccc(OC(C)=O)cc21. The average molecular weight is 370 g/mol. The third kappa shape index (κ3) is 2.45. The Bertz CT molecular complexity index is 1080. The van der Waals surface area contributed by atoms with E-state index in [0.717, 1.165) is 11.1 Å². The van der Waals surface area contributed by atoms with E-state index in [4.69, 9.17) is 9.47 Å². The van der Waals surface area contributed by atoms with E-state index in [1.807, 2.05) is 30.3 Å². The van der Waals surface area contributed by atoms with Gasteiger partial charge < -0.3 is 9.47 Å². The summed E-state index contributed by atoms with van der Waals surface area (Å²) in [7, 11) is 0. The molecule has 0 saturated carbocycles. The molecule has 0 fully saturated rings. The predicted octanol–water partition coefficient (Wildman–Crippen LogP) is 4.52. The largest absolute Gasteiger partial charge is 0.427 e. The van der Waals surface area contributed by atoms with E-state index in [9.17, 15) is 9.59 Å². The van der Waals surface area contributed by atoms with Crippen LogP contribution in [0.1, 0.15) is 59.1 Å². The van der Waals surface area contributed by atoms with Gasteiger partial charge in [-0.15, -0.1) is 0 Å². The molecule has 0 aliphatic heterocycles. The molecule has 3 aromatic rings. The number of ether oxygens (including phenoxy) is 2. The van der Waals surface area contributed by atoms with Crippen molar-refractivity contribution in [2.24, 2.45) is 0 Å². The van der Waals surface area contributed by atoms with Crippen LogP contribution >= 0.6 is 0 Å². The van der Waals surface area contributed by atoms with Crippen LogP contribution in [-0.4, -0.2) is 11.9 Å². The molecular formula is C24H18O4. The van der Waals surface area contributed by atoms with Crippen molar-refractivity contribution in [3.8, 4) is 11.5 Å². The van der Waals surface area contributed by atoms with Gasteiger partial charge >= 0.3 is 11.9 Å². The molecule has 0 amide bonds. The highest BCUT2D eigenvalue weighted by Gasteiger charge is 2.41. The van der Waals surface area contributed by atoms with Crippen molar-refractivity contribution in [2.75, 3.05) is 0 Å². The number of carbonyl (C=O) groups excluding carboxylic acids is 2. The summed E-state index contributed by atoms with van der Waals surface area (Å²) < 4.78 is 10.7. The molecule has 0 atom stereocenters. The highest BCUT2D eigenvalue weighted by Crippen LogP contribution is 2.56. The Hall–Kier alpha value is -3.40. The first-order chi connectivity index (χ1) is 13.5. The third-order valence-corrected chi connectivity index (χ3v) is 5.50. The Morgan fingerprint density at radius 1 is 0.607 bits per heavy atom. The molecular weight excluding hydrogens is 352 g/mol. The number of rotatable bonds is 2. The third-order valence-electron chi connectivity index (χ3n) is 5.50. The Morgan fingerprint density at radius 2 is 1.00 bits per heavy atom. The molecule has 3 aliphatic rings. The molecule has 4 heteroatoms. The van der Waals surface area contributed by atoms with Gasteiger partial charge in [0.15, 0.2) is 0 Å². The summed E-state index contributed by atoms with van der Waals surface area (Å²) in [5.74, 6) is 0.557. The first-order valence-corrected chi connectivity index (χ1v) is 9.26. The fourth-order valence-corrected chi connectivity index (χ4v) is 4.63. The molecule has 28 heavy (non-hydrogen) atoms. The van der Waals surface area contributed by atoms with E-state index in [2.05, 4.69) is 30.3 Å². The van der Waals surface area contributed by atoms with E-state index in [0.29, 0.717) is 11.5 Å². The monoisotopic (exact) mass is 370 g/mol. The number of hydrogen-bond donors (Lipinski definition) is 0. The molecule has 4 nitrogen and oxygen atoms in total. The van der Waals surface area contributed by atoms with Gasteiger partial charge in [-0.3, -0.25) is 9.59 Å².